The second-order valence-corrected chi connectivity index (χ2v) is 13.4. The highest BCUT2D eigenvalue weighted by Gasteiger charge is 2.70. The van der Waals surface area contributed by atoms with Gasteiger partial charge in [-0.1, -0.05) is 65.7 Å². The molecule has 2 saturated heterocycles. The van der Waals surface area contributed by atoms with Crippen molar-refractivity contribution in [3.8, 4) is 5.75 Å². The molecule has 2 aliphatic heterocycles. The van der Waals surface area contributed by atoms with Crippen molar-refractivity contribution < 1.29 is 28.7 Å². The number of anilines is 1. The van der Waals surface area contributed by atoms with Gasteiger partial charge in [0, 0.05) is 23.0 Å². The lowest BCUT2D eigenvalue weighted by molar-refractivity contribution is -0.141. The fraction of sp³-hybridized carbons (Fsp3) is 0.263. The van der Waals surface area contributed by atoms with Gasteiger partial charge in [-0.2, -0.15) is 5.01 Å². The van der Waals surface area contributed by atoms with Gasteiger partial charge in [-0.15, -0.1) is 0 Å². The highest BCUT2D eigenvalue weighted by atomic mass is 35.5. The monoisotopic (exact) mass is 663 g/mol. The molecule has 4 aromatic carbocycles. The van der Waals surface area contributed by atoms with Crippen LogP contribution in [0.25, 0.3) is 10.8 Å². The number of amides is 4. The Morgan fingerprint density at radius 2 is 1.62 bits per heavy atom. The molecule has 0 aromatic heterocycles. The van der Waals surface area contributed by atoms with E-state index in [1.165, 1.54) is 29.2 Å². The first-order valence-corrected chi connectivity index (χ1v) is 16.5. The number of carbonyl (C=O) groups is 4. The first-order chi connectivity index (χ1) is 23.2. The number of likely N-dealkylation sites (tertiary alicyclic amines) is 1. The van der Waals surface area contributed by atoms with Crippen LogP contribution in [0.1, 0.15) is 36.8 Å². The Bertz CT molecular complexity index is 2070. The SMILES string of the molecule is CCN1C(=O)C2CC=C3C(CC4C(=O)N(Nc5ccc(F)cc5)C(=O)C4(c4ccc(Cl)cc4)C3c3c(O)ccc4ccccc34)C2C1=O. The van der Waals surface area contributed by atoms with Crippen molar-refractivity contribution in [2.24, 2.45) is 23.7 Å². The Labute approximate surface area is 280 Å². The number of rotatable bonds is 5. The number of carbonyl (C=O) groups excluding carboxylic acids is 4. The second-order valence-electron chi connectivity index (χ2n) is 13.0. The zero-order valence-corrected chi connectivity index (χ0v) is 26.7. The van der Waals surface area contributed by atoms with Crippen LogP contribution in [-0.2, 0) is 24.6 Å². The third-order valence-corrected chi connectivity index (χ3v) is 11.2. The molecule has 8 rings (SSSR count). The lowest BCUT2D eigenvalue weighted by Gasteiger charge is -2.51. The number of phenolic OH excluding ortho intramolecular Hbond substituents is 1. The van der Waals surface area contributed by atoms with Crippen LogP contribution in [0.2, 0.25) is 5.02 Å². The smallest absolute Gasteiger partial charge is 0.260 e. The Kier molecular flexibility index (Phi) is 6.96. The van der Waals surface area contributed by atoms with Gasteiger partial charge >= 0.3 is 0 Å². The summed E-state index contributed by atoms with van der Waals surface area (Å²) in [5, 5.41) is 14.7. The number of allylic oxidation sites excluding steroid dienone is 2. The van der Waals surface area contributed by atoms with Gasteiger partial charge in [0.15, 0.2) is 0 Å². The summed E-state index contributed by atoms with van der Waals surface area (Å²) in [5.74, 6) is -5.82. The quantitative estimate of drug-likeness (QED) is 0.191. The third-order valence-electron chi connectivity index (χ3n) is 10.9. The number of nitrogens with one attached hydrogen (secondary N) is 1. The molecule has 6 atom stereocenters. The summed E-state index contributed by atoms with van der Waals surface area (Å²) in [7, 11) is 0. The summed E-state index contributed by atoms with van der Waals surface area (Å²) in [4.78, 5) is 58.6. The minimum Gasteiger partial charge on any atom is -0.508 e. The maximum Gasteiger partial charge on any atom is 0.260 e. The minimum absolute atomic E-state index is 0.0522. The van der Waals surface area contributed by atoms with E-state index < -0.39 is 52.6 Å². The lowest BCUT2D eigenvalue weighted by atomic mass is 9.48. The van der Waals surface area contributed by atoms with Crippen LogP contribution in [-0.4, -0.2) is 45.2 Å². The van der Waals surface area contributed by atoms with E-state index in [1.807, 2.05) is 30.3 Å². The van der Waals surface area contributed by atoms with Crippen LogP contribution in [0, 0.1) is 29.5 Å². The molecule has 1 saturated carbocycles. The Morgan fingerprint density at radius 3 is 2.35 bits per heavy atom. The van der Waals surface area contributed by atoms with Crippen LogP contribution in [0.15, 0.2) is 96.6 Å². The molecule has 4 aliphatic rings. The van der Waals surface area contributed by atoms with Gasteiger partial charge in [0.1, 0.15) is 11.6 Å². The van der Waals surface area contributed by atoms with Crippen molar-refractivity contribution in [1.82, 2.24) is 9.91 Å². The molecule has 0 bridgehead atoms. The summed E-state index contributed by atoms with van der Waals surface area (Å²) in [5.41, 5.74) is 3.44. The van der Waals surface area contributed by atoms with Gasteiger partial charge in [0.25, 0.3) is 11.8 Å². The topological polar surface area (TPSA) is 107 Å². The maximum absolute atomic E-state index is 15.3. The number of hydrogen-bond donors (Lipinski definition) is 2. The number of fused-ring (bicyclic) bond motifs is 5. The van der Waals surface area contributed by atoms with E-state index in [2.05, 4.69) is 5.43 Å². The molecule has 4 aromatic rings. The third kappa shape index (κ3) is 4.13. The van der Waals surface area contributed by atoms with E-state index in [0.717, 1.165) is 16.0 Å². The lowest BCUT2D eigenvalue weighted by Crippen LogP contribution is -2.53. The number of imide groups is 2. The van der Waals surface area contributed by atoms with Crippen molar-refractivity contribution in [2.45, 2.75) is 31.1 Å². The predicted octanol–water partition coefficient (Wildman–Crippen LogP) is 6.34. The number of aromatic hydroxyl groups is 1. The molecule has 8 nitrogen and oxygen atoms in total. The summed E-state index contributed by atoms with van der Waals surface area (Å²) >= 11 is 6.36. The van der Waals surface area contributed by atoms with Gasteiger partial charge in [0.2, 0.25) is 11.8 Å². The molecule has 6 unspecified atom stereocenters. The van der Waals surface area contributed by atoms with E-state index in [9.17, 15) is 23.9 Å². The number of hydrazine groups is 1. The highest BCUT2D eigenvalue weighted by Crippen LogP contribution is 2.65. The molecule has 3 fully saturated rings. The van der Waals surface area contributed by atoms with Gasteiger partial charge in [-0.25, -0.2) is 4.39 Å². The fourth-order valence-corrected chi connectivity index (χ4v) is 9.06. The number of nitrogens with zero attached hydrogens (tertiary/aromatic N) is 2. The van der Waals surface area contributed by atoms with Crippen LogP contribution >= 0.6 is 11.6 Å². The Balaban J connectivity index is 1.42. The van der Waals surface area contributed by atoms with Crippen LogP contribution in [0.4, 0.5) is 10.1 Å². The summed E-state index contributed by atoms with van der Waals surface area (Å²) in [6.45, 7) is 2.01. The zero-order valence-electron chi connectivity index (χ0n) is 25.9. The predicted molar refractivity (Wildman–Crippen MR) is 177 cm³/mol. The van der Waals surface area contributed by atoms with E-state index >= 15 is 4.79 Å². The normalized spacial score (nSPS) is 28.0. The molecular weight excluding hydrogens is 633 g/mol. The molecule has 242 valence electrons. The average molecular weight is 664 g/mol. The molecule has 48 heavy (non-hydrogen) atoms. The maximum atomic E-state index is 15.3. The van der Waals surface area contributed by atoms with Gasteiger partial charge < -0.3 is 5.11 Å². The average Bonchev–Trinajstić information content (AvgIpc) is 3.46. The van der Waals surface area contributed by atoms with Gasteiger partial charge in [0.05, 0.1) is 28.9 Å². The molecule has 0 spiro atoms. The first-order valence-electron chi connectivity index (χ1n) is 16.1. The highest BCUT2D eigenvalue weighted by molar-refractivity contribution is 6.30. The molecule has 10 heteroatoms. The summed E-state index contributed by atoms with van der Waals surface area (Å²) in [6.07, 6.45) is 2.38. The molecular formula is C38H31ClFN3O5. The first kappa shape index (κ1) is 30.3. The van der Waals surface area contributed by atoms with E-state index in [0.29, 0.717) is 33.6 Å². The van der Waals surface area contributed by atoms with Crippen LogP contribution in [0.5, 0.6) is 5.75 Å². The number of halogens is 2. The Morgan fingerprint density at radius 1 is 0.896 bits per heavy atom. The van der Waals surface area contributed by atoms with Crippen molar-refractivity contribution in [3.63, 3.8) is 0 Å². The van der Waals surface area contributed by atoms with Crippen LogP contribution < -0.4 is 5.43 Å². The summed E-state index contributed by atoms with van der Waals surface area (Å²) in [6, 6.07) is 23.1. The van der Waals surface area contributed by atoms with E-state index in [1.54, 1.807) is 43.3 Å². The van der Waals surface area contributed by atoms with Crippen molar-refractivity contribution in [2.75, 3.05) is 12.0 Å². The molecule has 4 amide bonds. The Hall–Kier alpha value is -5.02. The number of benzene rings is 4. The largest absolute Gasteiger partial charge is 0.508 e. The number of hydrogen-bond acceptors (Lipinski definition) is 6. The summed E-state index contributed by atoms with van der Waals surface area (Å²) < 4.78 is 13.8. The van der Waals surface area contributed by atoms with E-state index in [-0.39, 0.29) is 30.5 Å². The second kappa shape index (κ2) is 11.0. The minimum atomic E-state index is -1.58. The standard InChI is InChI=1S/C38H31ClFN3O5/c1-2-42-34(45)27-17-16-26-28(31(27)36(42)47)19-29-35(46)43(41-24-14-12-23(40)13-15-24)37(48)38(29,21-8-10-22(39)11-9-21)33(26)32-25-6-4-3-5-20(25)7-18-30(32)44/h3-16,18,27-29,31,33,41,44H,2,17,19H2,1H3. The van der Waals surface area contributed by atoms with E-state index in [4.69, 9.17) is 11.6 Å². The molecule has 0 radical (unpaired) electrons. The van der Waals surface area contributed by atoms with Gasteiger partial charge in [-0.05, 0) is 84.5 Å². The van der Waals surface area contributed by atoms with Gasteiger partial charge in [-0.3, -0.25) is 29.5 Å². The molecule has 2 aliphatic carbocycles. The van der Waals surface area contributed by atoms with Crippen molar-refractivity contribution in [1.29, 1.82) is 0 Å². The van der Waals surface area contributed by atoms with Crippen molar-refractivity contribution in [3.05, 3.63) is 119 Å². The van der Waals surface area contributed by atoms with Crippen molar-refractivity contribution >= 4 is 51.7 Å². The molecule has 2 heterocycles. The molecule has 2 N–H and O–H groups in total. The zero-order chi connectivity index (χ0) is 33.5. The van der Waals surface area contributed by atoms with Crippen LogP contribution in [0.3, 0.4) is 0 Å². The fourth-order valence-electron chi connectivity index (χ4n) is 8.93. The number of phenols is 1.